The van der Waals surface area contributed by atoms with E-state index < -0.39 is 0 Å². The Labute approximate surface area is 115 Å². The number of nitrogens with two attached hydrogens (primary N) is 1. The van der Waals surface area contributed by atoms with E-state index in [0.29, 0.717) is 42.8 Å². The van der Waals surface area contributed by atoms with Crippen LogP contribution in [0.3, 0.4) is 0 Å². The van der Waals surface area contributed by atoms with Crippen LogP contribution in [0.4, 0.5) is 11.4 Å². The molecule has 0 spiro atoms. The molecule has 8 nitrogen and oxygen atoms in total. The van der Waals surface area contributed by atoms with Crippen LogP contribution in [0.25, 0.3) is 11.0 Å². The van der Waals surface area contributed by atoms with Gasteiger partial charge in [0.2, 0.25) is 5.91 Å². The molecule has 4 N–H and O–H groups in total. The number of carbonyl (C=O) groups is 1. The number of ether oxygens (including phenoxy) is 1. The Bertz CT molecular complexity index is 583. The Balaban J connectivity index is 1.86. The number of nitrogens with zero attached hydrogens (tertiary/aromatic N) is 2. The lowest BCUT2D eigenvalue weighted by molar-refractivity contribution is -0.121. The number of fused-ring (bicyclic) bond motifs is 1. The summed E-state index contributed by atoms with van der Waals surface area (Å²) in [4.78, 5) is 11.5. The fourth-order valence-corrected chi connectivity index (χ4v) is 1.72. The number of rotatable bonds is 7. The second kappa shape index (κ2) is 6.71. The minimum atomic E-state index is -0.0421. The molecular formula is C12H17N5O3. The molecule has 1 aromatic carbocycles. The lowest BCUT2D eigenvalue weighted by atomic mass is 10.2. The van der Waals surface area contributed by atoms with Crippen LogP contribution in [-0.4, -0.2) is 43.0 Å². The molecule has 0 aliphatic heterocycles. The van der Waals surface area contributed by atoms with Crippen LogP contribution >= 0.6 is 0 Å². The maximum absolute atomic E-state index is 11.5. The number of methoxy groups -OCH3 is 1. The number of nitrogen functional groups attached to an aromatic ring is 1. The molecule has 1 aromatic heterocycles. The van der Waals surface area contributed by atoms with Gasteiger partial charge in [-0.2, -0.15) is 0 Å². The lowest BCUT2D eigenvalue weighted by Crippen LogP contribution is -2.28. The number of aromatic nitrogens is 2. The highest BCUT2D eigenvalue weighted by atomic mass is 16.6. The molecule has 0 bridgehead atoms. The summed E-state index contributed by atoms with van der Waals surface area (Å²) in [6.07, 6.45) is 0.348. The number of anilines is 2. The molecule has 1 heterocycles. The number of carbonyl (C=O) groups excluding carboxylic acids is 1. The molecule has 0 radical (unpaired) electrons. The van der Waals surface area contributed by atoms with Crippen molar-refractivity contribution in [3.05, 3.63) is 12.1 Å². The average molecular weight is 279 g/mol. The van der Waals surface area contributed by atoms with E-state index >= 15 is 0 Å². The summed E-state index contributed by atoms with van der Waals surface area (Å²) in [5.41, 5.74) is 8.06. The molecule has 0 saturated carbocycles. The topological polar surface area (TPSA) is 115 Å². The first kappa shape index (κ1) is 14.1. The highest BCUT2D eigenvalue weighted by Crippen LogP contribution is 2.24. The molecule has 0 saturated heterocycles. The van der Waals surface area contributed by atoms with Gasteiger partial charge in [0.05, 0.1) is 18.0 Å². The zero-order valence-corrected chi connectivity index (χ0v) is 11.2. The van der Waals surface area contributed by atoms with Crippen LogP contribution in [-0.2, 0) is 9.53 Å². The monoisotopic (exact) mass is 279 g/mol. The second-order valence-corrected chi connectivity index (χ2v) is 4.18. The molecule has 8 heteroatoms. The van der Waals surface area contributed by atoms with Crippen molar-refractivity contribution in [2.75, 3.05) is 37.9 Å². The average Bonchev–Trinajstić information content (AvgIpc) is 2.92. The van der Waals surface area contributed by atoms with Crippen molar-refractivity contribution in [3.63, 3.8) is 0 Å². The van der Waals surface area contributed by atoms with E-state index in [1.807, 2.05) is 0 Å². The summed E-state index contributed by atoms with van der Waals surface area (Å²) in [5, 5.41) is 13.4. The van der Waals surface area contributed by atoms with Crippen molar-refractivity contribution < 1.29 is 14.2 Å². The predicted molar refractivity (Wildman–Crippen MR) is 74.2 cm³/mol. The Hall–Kier alpha value is -2.35. The van der Waals surface area contributed by atoms with Gasteiger partial charge in [-0.25, -0.2) is 4.63 Å². The Morgan fingerprint density at radius 1 is 1.35 bits per heavy atom. The van der Waals surface area contributed by atoms with Crippen LogP contribution in [0.5, 0.6) is 0 Å². The van der Waals surface area contributed by atoms with E-state index in [-0.39, 0.29) is 5.91 Å². The van der Waals surface area contributed by atoms with Gasteiger partial charge in [-0.15, -0.1) is 0 Å². The largest absolute Gasteiger partial charge is 0.397 e. The SMILES string of the molecule is COCCNC(=O)CCNc1ccc(N)c2nonc12. The van der Waals surface area contributed by atoms with E-state index in [1.165, 1.54) is 0 Å². The standard InChI is InChI=1S/C12H17N5O3/c1-19-7-6-15-10(18)4-5-14-9-3-2-8(13)11-12(9)17-20-16-11/h2-3,14H,4-7,13H2,1H3,(H,15,18). The molecule has 0 aliphatic rings. The maximum Gasteiger partial charge on any atom is 0.221 e. The van der Waals surface area contributed by atoms with E-state index in [2.05, 4.69) is 25.6 Å². The van der Waals surface area contributed by atoms with Crippen LogP contribution in [0.15, 0.2) is 16.8 Å². The van der Waals surface area contributed by atoms with Gasteiger partial charge >= 0.3 is 0 Å². The van der Waals surface area contributed by atoms with Crippen LogP contribution < -0.4 is 16.4 Å². The highest BCUT2D eigenvalue weighted by molar-refractivity contribution is 5.95. The molecule has 2 rings (SSSR count). The molecule has 108 valence electrons. The van der Waals surface area contributed by atoms with Crippen molar-refractivity contribution in [1.29, 1.82) is 0 Å². The summed E-state index contributed by atoms with van der Waals surface area (Å²) >= 11 is 0. The van der Waals surface area contributed by atoms with Gasteiger partial charge in [0.15, 0.2) is 11.0 Å². The minimum absolute atomic E-state index is 0.0421. The predicted octanol–water partition coefficient (Wildman–Crippen LogP) is 0.370. The number of hydrogen-bond donors (Lipinski definition) is 3. The summed E-state index contributed by atoms with van der Waals surface area (Å²) in [5.74, 6) is -0.0421. The molecule has 0 unspecified atom stereocenters. The van der Waals surface area contributed by atoms with Crippen molar-refractivity contribution in [2.24, 2.45) is 0 Å². The third kappa shape index (κ3) is 3.35. The van der Waals surface area contributed by atoms with Gasteiger partial charge in [0, 0.05) is 26.6 Å². The third-order valence-electron chi connectivity index (χ3n) is 2.74. The second-order valence-electron chi connectivity index (χ2n) is 4.18. The first-order valence-electron chi connectivity index (χ1n) is 6.22. The Morgan fingerprint density at radius 3 is 2.95 bits per heavy atom. The molecule has 0 aliphatic carbocycles. The number of hydrogen-bond acceptors (Lipinski definition) is 7. The number of nitrogens with one attached hydrogen (secondary N) is 2. The normalized spacial score (nSPS) is 10.7. The van der Waals surface area contributed by atoms with Crippen molar-refractivity contribution in [2.45, 2.75) is 6.42 Å². The summed E-state index contributed by atoms with van der Waals surface area (Å²) < 4.78 is 9.51. The summed E-state index contributed by atoms with van der Waals surface area (Å²) in [6.45, 7) is 1.49. The highest BCUT2D eigenvalue weighted by Gasteiger charge is 2.10. The molecule has 1 amide bonds. The molecule has 0 atom stereocenters. The molecular weight excluding hydrogens is 262 g/mol. The minimum Gasteiger partial charge on any atom is -0.397 e. The zero-order chi connectivity index (χ0) is 14.4. The quantitative estimate of drug-likeness (QED) is 0.495. The third-order valence-corrected chi connectivity index (χ3v) is 2.74. The molecule has 20 heavy (non-hydrogen) atoms. The van der Waals surface area contributed by atoms with Gasteiger partial charge in [-0.1, -0.05) is 0 Å². The van der Waals surface area contributed by atoms with Crippen molar-refractivity contribution >= 4 is 28.3 Å². The first-order chi connectivity index (χ1) is 9.72. The fraction of sp³-hybridized carbons (Fsp3) is 0.417. The van der Waals surface area contributed by atoms with Gasteiger partial charge < -0.3 is 21.1 Å². The summed E-state index contributed by atoms with van der Waals surface area (Å²) in [7, 11) is 1.59. The van der Waals surface area contributed by atoms with Crippen molar-refractivity contribution in [1.82, 2.24) is 15.6 Å². The van der Waals surface area contributed by atoms with Gasteiger partial charge in [-0.3, -0.25) is 4.79 Å². The molecule has 2 aromatic rings. The van der Waals surface area contributed by atoms with Gasteiger partial charge in [0.25, 0.3) is 0 Å². The lowest BCUT2D eigenvalue weighted by Gasteiger charge is -2.07. The van der Waals surface area contributed by atoms with E-state index in [1.54, 1.807) is 19.2 Å². The van der Waals surface area contributed by atoms with E-state index in [9.17, 15) is 4.79 Å². The van der Waals surface area contributed by atoms with Crippen molar-refractivity contribution in [3.8, 4) is 0 Å². The van der Waals surface area contributed by atoms with Gasteiger partial charge in [-0.05, 0) is 22.4 Å². The Kier molecular flexibility index (Phi) is 4.72. The number of amides is 1. The first-order valence-corrected chi connectivity index (χ1v) is 6.22. The van der Waals surface area contributed by atoms with Crippen LogP contribution in [0.1, 0.15) is 6.42 Å². The number of benzene rings is 1. The smallest absolute Gasteiger partial charge is 0.221 e. The van der Waals surface area contributed by atoms with Crippen LogP contribution in [0.2, 0.25) is 0 Å². The fourth-order valence-electron chi connectivity index (χ4n) is 1.72. The Morgan fingerprint density at radius 2 is 2.15 bits per heavy atom. The van der Waals surface area contributed by atoms with Crippen LogP contribution in [0, 0.1) is 0 Å². The maximum atomic E-state index is 11.5. The van der Waals surface area contributed by atoms with E-state index in [4.69, 9.17) is 10.5 Å². The summed E-state index contributed by atoms with van der Waals surface area (Å²) in [6, 6.07) is 3.50. The zero-order valence-electron chi connectivity index (χ0n) is 11.2. The van der Waals surface area contributed by atoms with Gasteiger partial charge in [0.1, 0.15) is 0 Å². The molecule has 0 fully saturated rings. The van der Waals surface area contributed by atoms with E-state index in [0.717, 1.165) is 5.69 Å².